The maximum absolute atomic E-state index is 5.63. The maximum atomic E-state index is 5.63. The minimum atomic E-state index is 0.392. The molecule has 1 rings (SSSR count). The van der Waals surface area contributed by atoms with Crippen molar-refractivity contribution in [1.82, 2.24) is 10.3 Å². The van der Waals surface area contributed by atoms with E-state index in [1.54, 1.807) is 11.3 Å². The van der Waals surface area contributed by atoms with Crippen molar-refractivity contribution in [1.29, 1.82) is 0 Å². The number of nitrogens with zero attached hydrogens (tertiary/aromatic N) is 1. The van der Waals surface area contributed by atoms with Gasteiger partial charge in [0.25, 0.3) is 0 Å². The van der Waals surface area contributed by atoms with Gasteiger partial charge in [-0.25, -0.2) is 4.98 Å². The molecular formula is C13H24N2OS. The number of thiazole rings is 1. The monoisotopic (exact) mass is 256 g/mol. The van der Waals surface area contributed by atoms with Crippen molar-refractivity contribution in [2.24, 2.45) is 0 Å². The third kappa shape index (κ3) is 6.15. The van der Waals surface area contributed by atoms with Crippen molar-refractivity contribution >= 4 is 11.3 Å². The molecule has 0 aliphatic rings. The molecule has 1 heterocycles. The van der Waals surface area contributed by atoms with Crippen LogP contribution in [0, 0.1) is 6.92 Å². The molecule has 3 nitrogen and oxygen atoms in total. The van der Waals surface area contributed by atoms with Crippen LogP contribution in [0.2, 0.25) is 0 Å². The summed E-state index contributed by atoms with van der Waals surface area (Å²) < 4.78 is 5.63. The lowest BCUT2D eigenvalue weighted by molar-refractivity contribution is 0.111. The summed E-state index contributed by atoms with van der Waals surface area (Å²) in [5, 5.41) is 6.82. The number of hydrogen-bond acceptors (Lipinski definition) is 4. The molecule has 1 atom stereocenters. The molecule has 4 heteroatoms. The lowest BCUT2D eigenvalue weighted by Gasteiger charge is -2.17. The molecule has 0 saturated heterocycles. The van der Waals surface area contributed by atoms with Crippen LogP contribution in [-0.4, -0.2) is 30.8 Å². The average Bonchev–Trinajstić information content (AvgIpc) is 2.72. The third-order valence-corrected chi connectivity index (χ3v) is 3.29. The molecule has 0 bridgehead atoms. The summed E-state index contributed by atoms with van der Waals surface area (Å²) in [7, 11) is 0. The van der Waals surface area contributed by atoms with Gasteiger partial charge in [-0.15, -0.1) is 11.3 Å². The standard InChI is InChI=1S/C13H24N2OS/c1-4-6-14-12(9-16-7-5-2)8-13-10-17-11(3)15-13/h10,12,14H,4-9H2,1-3H3. The Morgan fingerprint density at radius 3 is 2.82 bits per heavy atom. The predicted molar refractivity (Wildman–Crippen MR) is 73.7 cm³/mol. The summed E-state index contributed by atoms with van der Waals surface area (Å²) in [6.07, 6.45) is 3.20. The summed E-state index contributed by atoms with van der Waals surface area (Å²) in [5.74, 6) is 0. The smallest absolute Gasteiger partial charge is 0.0897 e. The minimum absolute atomic E-state index is 0.392. The summed E-state index contributed by atoms with van der Waals surface area (Å²) in [6, 6.07) is 0.392. The summed E-state index contributed by atoms with van der Waals surface area (Å²) in [4.78, 5) is 4.51. The average molecular weight is 256 g/mol. The van der Waals surface area contributed by atoms with E-state index in [1.807, 2.05) is 0 Å². The van der Waals surface area contributed by atoms with Crippen LogP contribution in [0.4, 0.5) is 0 Å². The van der Waals surface area contributed by atoms with Crippen LogP contribution < -0.4 is 5.32 Å². The van der Waals surface area contributed by atoms with Gasteiger partial charge in [-0.1, -0.05) is 13.8 Å². The van der Waals surface area contributed by atoms with Gasteiger partial charge in [0.05, 0.1) is 17.3 Å². The van der Waals surface area contributed by atoms with E-state index < -0.39 is 0 Å². The van der Waals surface area contributed by atoms with Crippen LogP contribution in [0.3, 0.4) is 0 Å². The topological polar surface area (TPSA) is 34.1 Å². The van der Waals surface area contributed by atoms with Gasteiger partial charge < -0.3 is 10.1 Å². The second-order valence-corrected chi connectivity index (χ2v) is 5.35. The molecule has 0 spiro atoms. The molecule has 17 heavy (non-hydrogen) atoms. The highest BCUT2D eigenvalue weighted by atomic mass is 32.1. The molecule has 0 radical (unpaired) electrons. The highest BCUT2D eigenvalue weighted by Gasteiger charge is 2.10. The van der Waals surface area contributed by atoms with Crippen molar-refractivity contribution in [3.05, 3.63) is 16.1 Å². The number of ether oxygens (including phenoxy) is 1. The number of aryl methyl sites for hydroxylation is 1. The minimum Gasteiger partial charge on any atom is -0.380 e. The fourth-order valence-corrected chi connectivity index (χ4v) is 2.29. The van der Waals surface area contributed by atoms with Gasteiger partial charge >= 0.3 is 0 Å². The molecule has 0 amide bonds. The molecule has 1 N–H and O–H groups in total. The molecule has 0 aromatic carbocycles. The van der Waals surface area contributed by atoms with Crippen LogP contribution in [0.1, 0.15) is 37.4 Å². The van der Waals surface area contributed by atoms with Crippen LogP contribution in [0.15, 0.2) is 5.38 Å². The number of rotatable bonds is 9. The largest absolute Gasteiger partial charge is 0.380 e. The van der Waals surface area contributed by atoms with E-state index in [4.69, 9.17) is 4.74 Å². The van der Waals surface area contributed by atoms with Gasteiger partial charge in [0.15, 0.2) is 0 Å². The molecule has 98 valence electrons. The Kier molecular flexibility index (Phi) is 7.40. The molecule has 0 saturated carbocycles. The number of nitrogens with one attached hydrogen (secondary N) is 1. The lowest BCUT2D eigenvalue weighted by atomic mass is 10.2. The van der Waals surface area contributed by atoms with Crippen molar-refractivity contribution in [3.63, 3.8) is 0 Å². The van der Waals surface area contributed by atoms with E-state index >= 15 is 0 Å². The second kappa shape index (κ2) is 8.61. The first-order valence-corrected chi connectivity index (χ1v) is 7.36. The SMILES string of the molecule is CCCNC(COCCC)Cc1csc(C)n1. The van der Waals surface area contributed by atoms with E-state index in [9.17, 15) is 0 Å². The Hall–Kier alpha value is -0.450. The fourth-order valence-electron chi connectivity index (χ4n) is 1.66. The summed E-state index contributed by atoms with van der Waals surface area (Å²) in [6.45, 7) is 9.05. The predicted octanol–water partition coefficient (Wildman–Crippen LogP) is 2.79. The Bertz CT molecular complexity index is 301. The number of aromatic nitrogens is 1. The normalized spacial score (nSPS) is 12.9. The number of hydrogen-bond donors (Lipinski definition) is 1. The van der Waals surface area contributed by atoms with Crippen LogP contribution in [0.25, 0.3) is 0 Å². The molecular weight excluding hydrogens is 232 g/mol. The highest BCUT2D eigenvalue weighted by Crippen LogP contribution is 2.10. The molecule has 0 aliphatic heterocycles. The zero-order valence-corrected chi connectivity index (χ0v) is 12.0. The van der Waals surface area contributed by atoms with Gasteiger partial charge in [-0.3, -0.25) is 0 Å². The van der Waals surface area contributed by atoms with Crippen molar-refractivity contribution in [2.75, 3.05) is 19.8 Å². The van der Waals surface area contributed by atoms with Crippen molar-refractivity contribution in [3.8, 4) is 0 Å². The van der Waals surface area contributed by atoms with Crippen molar-refractivity contribution < 1.29 is 4.74 Å². The van der Waals surface area contributed by atoms with Gasteiger partial charge in [-0.05, 0) is 26.3 Å². The van der Waals surface area contributed by atoms with Crippen LogP contribution in [-0.2, 0) is 11.2 Å². The Balaban J connectivity index is 2.38. The van der Waals surface area contributed by atoms with Crippen molar-refractivity contribution in [2.45, 2.75) is 46.1 Å². The first-order chi connectivity index (χ1) is 8.26. The first-order valence-electron chi connectivity index (χ1n) is 6.48. The summed E-state index contributed by atoms with van der Waals surface area (Å²) >= 11 is 1.72. The summed E-state index contributed by atoms with van der Waals surface area (Å²) in [5.41, 5.74) is 1.18. The Morgan fingerprint density at radius 2 is 2.24 bits per heavy atom. The van der Waals surface area contributed by atoms with E-state index in [0.29, 0.717) is 6.04 Å². The fraction of sp³-hybridized carbons (Fsp3) is 0.769. The van der Waals surface area contributed by atoms with Crippen LogP contribution >= 0.6 is 11.3 Å². The molecule has 1 aromatic rings. The zero-order chi connectivity index (χ0) is 12.5. The zero-order valence-electron chi connectivity index (χ0n) is 11.2. The molecule has 1 aromatic heterocycles. The van der Waals surface area contributed by atoms with Gasteiger partial charge in [0, 0.05) is 24.4 Å². The lowest BCUT2D eigenvalue weighted by Crippen LogP contribution is -2.36. The maximum Gasteiger partial charge on any atom is 0.0897 e. The molecule has 0 fully saturated rings. The van der Waals surface area contributed by atoms with E-state index in [1.165, 1.54) is 5.69 Å². The second-order valence-electron chi connectivity index (χ2n) is 4.29. The Labute approximate surface area is 109 Å². The molecule has 1 unspecified atom stereocenters. The van der Waals surface area contributed by atoms with Gasteiger partial charge in [0.2, 0.25) is 0 Å². The quantitative estimate of drug-likeness (QED) is 0.690. The van der Waals surface area contributed by atoms with Crippen LogP contribution in [0.5, 0.6) is 0 Å². The van der Waals surface area contributed by atoms with E-state index in [2.05, 4.69) is 36.5 Å². The van der Waals surface area contributed by atoms with Gasteiger partial charge in [-0.2, -0.15) is 0 Å². The van der Waals surface area contributed by atoms with E-state index in [0.717, 1.165) is 44.0 Å². The molecule has 0 aliphatic carbocycles. The third-order valence-electron chi connectivity index (χ3n) is 2.47. The van der Waals surface area contributed by atoms with E-state index in [-0.39, 0.29) is 0 Å². The first kappa shape index (κ1) is 14.6. The highest BCUT2D eigenvalue weighted by molar-refractivity contribution is 7.09. The van der Waals surface area contributed by atoms with Gasteiger partial charge in [0.1, 0.15) is 0 Å². The Morgan fingerprint density at radius 1 is 1.41 bits per heavy atom.